The number of benzene rings is 2. The van der Waals surface area contributed by atoms with Crippen molar-refractivity contribution in [2.24, 2.45) is 0 Å². The van der Waals surface area contributed by atoms with Gasteiger partial charge in [-0.25, -0.2) is 0 Å². The highest BCUT2D eigenvalue weighted by molar-refractivity contribution is 5.91. The summed E-state index contributed by atoms with van der Waals surface area (Å²) in [6.07, 6.45) is 2.65. The van der Waals surface area contributed by atoms with Crippen LogP contribution in [-0.2, 0) is 10.2 Å². The summed E-state index contributed by atoms with van der Waals surface area (Å²) >= 11 is 0. The van der Waals surface area contributed by atoms with Crippen molar-refractivity contribution in [2.45, 2.75) is 31.6 Å². The van der Waals surface area contributed by atoms with Crippen LogP contribution in [0, 0.1) is 0 Å². The molecule has 0 aromatic heterocycles. The van der Waals surface area contributed by atoms with E-state index in [-0.39, 0.29) is 5.41 Å². The molecular formula is C18H18O2. The monoisotopic (exact) mass is 266 g/mol. The van der Waals surface area contributed by atoms with Crippen molar-refractivity contribution >= 4 is 5.78 Å². The number of hydrogen-bond acceptors (Lipinski definition) is 2. The Balaban J connectivity index is 1.80. The Kier molecular flexibility index (Phi) is 3.31. The molecule has 0 aliphatic heterocycles. The molecule has 1 aliphatic carbocycles. The lowest BCUT2D eigenvalue weighted by Gasteiger charge is -2.22. The summed E-state index contributed by atoms with van der Waals surface area (Å²) in [5.41, 5.74) is 0.797. The number of hydrogen-bond donors (Lipinski definition) is 0. The third kappa shape index (κ3) is 2.34. The van der Waals surface area contributed by atoms with Crippen LogP contribution in [0.3, 0.4) is 0 Å². The van der Waals surface area contributed by atoms with Crippen LogP contribution in [0.4, 0.5) is 0 Å². The molecule has 0 amide bonds. The molecule has 0 saturated heterocycles. The van der Waals surface area contributed by atoms with Gasteiger partial charge in [0.2, 0.25) is 0 Å². The van der Waals surface area contributed by atoms with Gasteiger partial charge in [-0.3, -0.25) is 4.79 Å². The number of rotatable bonds is 3. The fourth-order valence-electron chi connectivity index (χ4n) is 2.84. The van der Waals surface area contributed by atoms with Gasteiger partial charge in [0.1, 0.15) is 17.3 Å². The van der Waals surface area contributed by atoms with E-state index in [2.05, 4.69) is 6.92 Å². The predicted molar refractivity (Wildman–Crippen MR) is 79.2 cm³/mol. The molecule has 2 nitrogen and oxygen atoms in total. The molecule has 1 saturated carbocycles. The summed E-state index contributed by atoms with van der Waals surface area (Å²) in [5.74, 6) is 1.98. The first-order chi connectivity index (χ1) is 9.68. The first-order valence-corrected chi connectivity index (χ1v) is 7.05. The average molecular weight is 266 g/mol. The van der Waals surface area contributed by atoms with Crippen LogP contribution in [-0.4, -0.2) is 5.78 Å². The van der Waals surface area contributed by atoms with E-state index in [4.69, 9.17) is 4.74 Å². The molecule has 1 aliphatic rings. The van der Waals surface area contributed by atoms with E-state index in [1.807, 2.05) is 54.6 Å². The maximum atomic E-state index is 12.0. The van der Waals surface area contributed by atoms with Crippen molar-refractivity contribution in [3.63, 3.8) is 0 Å². The van der Waals surface area contributed by atoms with Crippen molar-refractivity contribution in [3.05, 3.63) is 60.2 Å². The number of ketones is 1. The molecule has 0 radical (unpaired) electrons. The molecule has 2 heteroatoms. The van der Waals surface area contributed by atoms with Gasteiger partial charge in [-0.15, -0.1) is 0 Å². The summed E-state index contributed by atoms with van der Waals surface area (Å²) < 4.78 is 5.77. The van der Waals surface area contributed by atoms with Crippen molar-refractivity contribution in [2.75, 3.05) is 0 Å². The fraction of sp³-hybridized carbons (Fsp3) is 0.278. The van der Waals surface area contributed by atoms with Gasteiger partial charge in [0.15, 0.2) is 0 Å². The topological polar surface area (TPSA) is 26.3 Å². The molecule has 0 N–H and O–H groups in total. The zero-order valence-corrected chi connectivity index (χ0v) is 11.6. The van der Waals surface area contributed by atoms with Crippen LogP contribution in [0.15, 0.2) is 54.6 Å². The highest BCUT2D eigenvalue weighted by Crippen LogP contribution is 2.38. The Morgan fingerprint density at radius 1 is 0.950 bits per heavy atom. The SMILES string of the molecule is C[C@]1(c2ccc(Oc3ccccc3)cc2)CCCC1=O. The molecule has 0 heterocycles. The second-order valence-electron chi connectivity index (χ2n) is 5.55. The summed E-state index contributed by atoms with van der Waals surface area (Å²) in [7, 11) is 0. The molecule has 20 heavy (non-hydrogen) atoms. The fourth-order valence-corrected chi connectivity index (χ4v) is 2.84. The van der Waals surface area contributed by atoms with Crippen molar-refractivity contribution < 1.29 is 9.53 Å². The van der Waals surface area contributed by atoms with Crippen LogP contribution in [0.5, 0.6) is 11.5 Å². The van der Waals surface area contributed by atoms with Gasteiger partial charge < -0.3 is 4.74 Å². The molecule has 0 spiro atoms. The zero-order chi connectivity index (χ0) is 14.0. The zero-order valence-electron chi connectivity index (χ0n) is 11.6. The smallest absolute Gasteiger partial charge is 0.143 e. The minimum atomic E-state index is -0.300. The standard InChI is InChI=1S/C18H18O2/c1-18(13-5-8-17(18)19)14-9-11-16(12-10-14)20-15-6-3-2-4-7-15/h2-4,6-7,9-12H,5,8,13H2,1H3/t18-/m1/s1. The lowest BCUT2D eigenvalue weighted by Crippen LogP contribution is -2.26. The molecule has 3 rings (SSSR count). The Morgan fingerprint density at radius 2 is 1.60 bits per heavy atom. The number of Topliss-reactive ketones (excluding diaryl/α,β-unsaturated/α-hetero) is 1. The first kappa shape index (κ1) is 12.9. The van der Waals surface area contributed by atoms with Gasteiger partial charge in [0.25, 0.3) is 0 Å². The van der Waals surface area contributed by atoms with E-state index >= 15 is 0 Å². The van der Waals surface area contributed by atoms with Crippen molar-refractivity contribution in [3.8, 4) is 11.5 Å². The Morgan fingerprint density at radius 3 is 2.20 bits per heavy atom. The average Bonchev–Trinajstić information content (AvgIpc) is 2.82. The number of ether oxygens (including phenoxy) is 1. The highest BCUT2D eigenvalue weighted by atomic mass is 16.5. The normalized spacial score (nSPS) is 21.9. The Hall–Kier alpha value is -2.09. The minimum absolute atomic E-state index is 0.300. The van der Waals surface area contributed by atoms with E-state index in [0.717, 1.165) is 29.9 Å². The maximum absolute atomic E-state index is 12.0. The van der Waals surface area contributed by atoms with Gasteiger partial charge in [-0.05, 0) is 49.6 Å². The van der Waals surface area contributed by atoms with Crippen molar-refractivity contribution in [1.82, 2.24) is 0 Å². The second kappa shape index (κ2) is 5.12. The molecule has 0 unspecified atom stereocenters. The summed E-state index contributed by atoms with van der Waals surface area (Å²) in [6, 6.07) is 17.6. The van der Waals surface area contributed by atoms with E-state index < -0.39 is 0 Å². The summed E-state index contributed by atoms with van der Waals surface area (Å²) in [4.78, 5) is 12.0. The molecule has 0 bridgehead atoms. The van der Waals surface area contributed by atoms with E-state index in [0.29, 0.717) is 12.2 Å². The van der Waals surface area contributed by atoms with Gasteiger partial charge in [-0.2, -0.15) is 0 Å². The molecule has 102 valence electrons. The second-order valence-corrected chi connectivity index (χ2v) is 5.55. The van der Waals surface area contributed by atoms with E-state index in [9.17, 15) is 4.79 Å². The first-order valence-electron chi connectivity index (χ1n) is 7.05. The van der Waals surface area contributed by atoms with Gasteiger partial charge in [0.05, 0.1) is 5.41 Å². The number of para-hydroxylation sites is 1. The summed E-state index contributed by atoms with van der Waals surface area (Å²) in [6.45, 7) is 2.05. The molecule has 1 fully saturated rings. The largest absolute Gasteiger partial charge is 0.457 e. The third-order valence-corrected chi connectivity index (χ3v) is 4.17. The highest BCUT2D eigenvalue weighted by Gasteiger charge is 2.38. The lowest BCUT2D eigenvalue weighted by atomic mass is 9.80. The quantitative estimate of drug-likeness (QED) is 0.818. The van der Waals surface area contributed by atoms with Gasteiger partial charge in [0, 0.05) is 6.42 Å². The number of carbonyl (C=O) groups is 1. The van der Waals surface area contributed by atoms with Crippen LogP contribution < -0.4 is 4.74 Å². The Bertz CT molecular complexity index is 601. The molecule has 1 atom stereocenters. The number of carbonyl (C=O) groups excluding carboxylic acids is 1. The van der Waals surface area contributed by atoms with Gasteiger partial charge >= 0.3 is 0 Å². The molecule has 2 aromatic rings. The van der Waals surface area contributed by atoms with Gasteiger partial charge in [-0.1, -0.05) is 30.3 Å². The van der Waals surface area contributed by atoms with Crippen LogP contribution >= 0.6 is 0 Å². The van der Waals surface area contributed by atoms with E-state index in [1.165, 1.54) is 0 Å². The van der Waals surface area contributed by atoms with Crippen molar-refractivity contribution in [1.29, 1.82) is 0 Å². The van der Waals surface area contributed by atoms with E-state index in [1.54, 1.807) is 0 Å². The van der Waals surface area contributed by atoms with Crippen LogP contribution in [0.2, 0.25) is 0 Å². The minimum Gasteiger partial charge on any atom is -0.457 e. The third-order valence-electron chi connectivity index (χ3n) is 4.17. The molecule has 2 aromatic carbocycles. The van der Waals surface area contributed by atoms with Crippen LogP contribution in [0.25, 0.3) is 0 Å². The predicted octanol–water partition coefficient (Wildman–Crippen LogP) is 4.49. The maximum Gasteiger partial charge on any atom is 0.143 e. The molecular weight excluding hydrogens is 248 g/mol. The Labute approximate surface area is 119 Å². The summed E-state index contributed by atoms with van der Waals surface area (Å²) in [5, 5.41) is 0. The van der Waals surface area contributed by atoms with Crippen LogP contribution in [0.1, 0.15) is 31.7 Å². The lowest BCUT2D eigenvalue weighted by molar-refractivity contribution is -0.121.